The minimum Gasteiger partial charge on any atom is -0.484 e. The molecule has 0 spiro atoms. The number of carbonyl (C=O) groups is 1. The van der Waals surface area contributed by atoms with E-state index in [2.05, 4.69) is 5.32 Å². The molecule has 130 valence electrons. The predicted octanol–water partition coefficient (Wildman–Crippen LogP) is 2.65. The van der Waals surface area contributed by atoms with Crippen LogP contribution in [0.3, 0.4) is 0 Å². The number of benzene rings is 1. The number of hydrogen-bond acceptors (Lipinski definition) is 4. The van der Waals surface area contributed by atoms with Crippen molar-refractivity contribution in [2.45, 2.75) is 39.3 Å². The van der Waals surface area contributed by atoms with Crippen molar-refractivity contribution in [1.29, 1.82) is 0 Å². The van der Waals surface area contributed by atoms with Gasteiger partial charge in [-0.25, -0.2) is 0 Å². The third-order valence-corrected chi connectivity index (χ3v) is 3.74. The van der Waals surface area contributed by atoms with E-state index < -0.39 is 18.1 Å². The zero-order chi connectivity index (χ0) is 17.6. The van der Waals surface area contributed by atoms with E-state index in [0.717, 1.165) is 0 Å². The Balaban J connectivity index is 2.50. The highest BCUT2D eigenvalue weighted by Crippen LogP contribution is 2.24. The molecule has 0 radical (unpaired) electrons. The van der Waals surface area contributed by atoms with E-state index in [4.69, 9.17) is 27.9 Å². The minimum absolute atomic E-state index is 0.237. The SMILES string of the molecule is CC(C)(C)[C@@H](O)C[C@@H](CO)NC(=O)COc1cc(Cl)cc(Cl)c1. The summed E-state index contributed by atoms with van der Waals surface area (Å²) in [6.45, 7) is 5.17. The molecule has 0 saturated heterocycles. The molecule has 3 N–H and O–H groups in total. The Bertz CT molecular complexity index is 511. The average molecular weight is 364 g/mol. The Morgan fingerprint density at radius 1 is 1.26 bits per heavy atom. The maximum Gasteiger partial charge on any atom is 0.258 e. The Labute approximate surface area is 146 Å². The van der Waals surface area contributed by atoms with E-state index in [9.17, 15) is 15.0 Å². The summed E-state index contributed by atoms with van der Waals surface area (Å²) >= 11 is 11.7. The second kappa shape index (κ2) is 8.73. The van der Waals surface area contributed by atoms with Gasteiger partial charge in [0.25, 0.3) is 5.91 Å². The Morgan fingerprint density at radius 2 is 1.83 bits per heavy atom. The normalized spacial score (nSPS) is 14.2. The lowest BCUT2D eigenvalue weighted by Crippen LogP contribution is -2.44. The molecule has 0 aliphatic carbocycles. The van der Waals surface area contributed by atoms with Gasteiger partial charge in [0.2, 0.25) is 0 Å². The van der Waals surface area contributed by atoms with Gasteiger partial charge in [-0.15, -0.1) is 0 Å². The fraction of sp³-hybridized carbons (Fsp3) is 0.562. The number of halogens is 2. The molecule has 1 rings (SSSR count). The molecule has 2 atom stereocenters. The molecule has 0 aliphatic rings. The summed E-state index contributed by atoms with van der Waals surface area (Å²) in [5.74, 6) is -0.0193. The number of aliphatic hydroxyl groups excluding tert-OH is 2. The lowest BCUT2D eigenvalue weighted by molar-refractivity contribution is -0.124. The fourth-order valence-electron chi connectivity index (χ4n) is 1.83. The molecular formula is C16H23Cl2NO4. The third kappa shape index (κ3) is 7.40. The number of aliphatic hydroxyl groups is 2. The van der Waals surface area contributed by atoms with Crippen molar-refractivity contribution in [2.75, 3.05) is 13.2 Å². The molecule has 7 heteroatoms. The van der Waals surface area contributed by atoms with Gasteiger partial charge in [0.05, 0.1) is 18.8 Å². The van der Waals surface area contributed by atoms with Crippen molar-refractivity contribution in [3.8, 4) is 5.75 Å². The van der Waals surface area contributed by atoms with Gasteiger partial charge in [-0.2, -0.15) is 0 Å². The van der Waals surface area contributed by atoms with Crippen LogP contribution in [0.15, 0.2) is 18.2 Å². The maximum absolute atomic E-state index is 11.9. The lowest BCUT2D eigenvalue weighted by atomic mass is 9.85. The first-order valence-electron chi connectivity index (χ1n) is 7.29. The van der Waals surface area contributed by atoms with E-state index >= 15 is 0 Å². The van der Waals surface area contributed by atoms with Gasteiger partial charge in [-0.3, -0.25) is 4.79 Å². The van der Waals surface area contributed by atoms with Crippen LogP contribution < -0.4 is 10.1 Å². The average Bonchev–Trinajstić information content (AvgIpc) is 2.42. The van der Waals surface area contributed by atoms with Gasteiger partial charge in [0.1, 0.15) is 5.75 Å². The second-order valence-corrected chi connectivity index (χ2v) is 7.33. The van der Waals surface area contributed by atoms with Crippen molar-refractivity contribution in [2.24, 2.45) is 5.41 Å². The Kier molecular flexibility index (Phi) is 7.61. The molecule has 0 unspecified atom stereocenters. The standard InChI is InChI=1S/C16H23Cl2NO4/c1-16(2,3)14(21)7-12(8-20)19-15(22)9-23-13-5-10(17)4-11(18)6-13/h4-6,12,14,20-21H,7-9H2,1-3H3,(H,19,22)/t12-,14-/m0/s1. The monoisotopic (exact) mass is 363 g/mol. The highest BCUT2D eigenvalue weighted by Gasteiger charge is 2.26. The zero-order valence-electron chi connectivity index (χ0n) is 13.5. The Hall–Kier alpha value is -1.01. The molecular weight excluding hydrogens is 341 g/mol. The molecule has 5 nitrogen and oxygen atoms in total. The molecule has 0 aliphatic heterocycles. The predicted molar refractivity (Wildman–Crippen MR) is 91.1 cm³/mol. The van der Waals surface area contributed by atoms with Crippen LogP contribution in [0.4, 0.5) is 0 Å². The molecule has 0 fully saturated rings. The highest BCUT2D eigenvalue weighted by atomic mass is 35.5. The first-order chi connectivity index (χ1) is 10.6. The van der Waals surface area contributed by atoms with Gasteiger partial charge in [-0.05, 0) is 30.0 Å². The topological polar surface area (TPSA) is 78.8 Å². The number of rotatable bonds is 7. The lowest BCUT2D eigenvalue weighted by Gasteiger charge is -2.29. The van der Waals surface area contributed by atoms with Gasteiger partial charge < -0.3 is 20.3 Å². The van der Waals surface area contributed by atoms with Crippen molar-refractivity contribution < 1.29 is 19.7 Å². The minimum atomic E-state index is -0.646. The van der Waals surface area contributed by atoms with E-state index in [-0.39, 0.29) is 25.0 Å². The van der Waals surface area contributed by atoms with Crippen LogP contribution in [0.5, 0.6) is 5.75 Å². The number of amides is 1. The summed E-state index contributed by atoms with van der Waals surface area (Å²) in [7, 11) is 0. The summed E-state index contributed by atoms with van der Waals surface area (Å²) in [5.41, 5.74) is -0.327. The van der Waals surface area contributed by atoms with Crippen molar-refractivity contribution >= 4 is 29.1 Å². The molecule has 0 bridgehead atoms. The van der Waals surface area contributed by atoms with E-state index in [1.807, 2.05) is 20.8 Å². The van der Waals surface area contributed by atoms with Crippen molar-refractivity contribution in [1.82, 2.24) is 5.32 Å². The van der Waals surface area contributed by atoms with Crippen LogP contribution >= 0.6 is 23.2 Å². The summed E-state index contributed by atoms with van der Waals surface area (Å²) in [4.78, 5) is 11.9. The molecule has 0 aromatic heterocycles. The van der Waals surface area contributed by atoms with Crippen LogP contribution in [-0.2, 0) is 4.79 Å². The number of hydrogen-bond donors (Lipinski definition) is 3. The number of ether oxygens (including phenoxy) is 1. The van der Waals surface area contributed by atoms with Crippen LogP contribution in [0.2, 0.25) is 10.0 Å². The maximum atomic E-state index is 11.9. The Morgan fingerprint density at radius 3 is 2.30 bits per heavy atom. The van der Waals surface area contributed by atoms with Crippen LogP contribution in [0.1, 0.15) is 27.2 Å². The molecule has 1 aromatic rings. The smallest absolute Gasteiger partial charge is 0.258 e. The van der Waals surface area contributed by atoms with Crippen molar-refractivity contribution in [3.05, 3.63) is 28.2 Å². The van der Waals surface area contributed by atoms with Gasteiger partial charge >= 0.3 is 0 Å². The largest absolute Gasteiger partial charge is 0.484 e. The summed E-state index contributed by atoms with van der Waals surface area (Å²) in [6, 6.07) is 4.12. The zero-order valence-corrected chi connectivity index (χ0v) is 15.0. The summed E-state index contributed by atoms with van der Waals surface area (Å²) < 4.78 is 5.32. The van der Waals surface area contributed by atoms with Crippen LogP contribution in [-0.4, -0.2) is 41.5 Å². The third-order valence-electron chi connectivity index (χ3n) is 3.30. The first kappa shape index (κ1) is 20.0. The van der Waals surface area contributed by atoms with E-state index in [1.54, 1.807) is 18.2 Å². The van der Waals surface area contributed by atoms with Gasteiger partial charge in [-0.1, -0.05) is 44.0 Å². The van der Waals surface area contributed by atoms with E-state index in [1.165, 1.54) is 0 Å². The molecule has 0 heterocycles. The molecule has 1 aromatic carbocycles. The van der Waals surface area contributed by atoms with Crippen LogP contribution in [0, 0.1) is 5.41 Å². The van der Waals surface area contributed by atoms with Gasteiger partial charge in [0, 0.05) is 10.0 Å². The van der Waals surface area contributed by atoms with Gasteiger partial charge in [0.15, 0.2) is 6.61 Å². The highest BCUT2D eigenvalue weighted by molar-refractivity contribution is 6.34. The first-order valence-corrected chi connectivity index (χ1v) is 8.04. The van der Waals surface area contributed by atoms with E-state index in [0.29, 0.717) is 15.8 Å². The summed E-state index contributed by atoms with van der Waals surface area (Å²) in [6.07, 6.45) is -0.387. The van der Waals surface area contributed by atoms with Crippen LogP contribution in [0.25, 0.3) is 0 Å². The molecule has 1 amide bonds. The quantitative estimate of drug-likeness (QED) is 0.695. The fourth-order valence-corrected chi connectivity index (χ4v) is 2.34. The number of nitrogens with one attached hydrogen (secondary N) is 1. The molecule has 23 heavy (non-hydrogen) atoms. The molecule has 0 saturated carbocycles. The summed E-state index contributed by atoms with van der Waals surface area (Å²) in [5, 5.41) is 22.8. The second-order valence-electron chi connectivity index (χ2n) is 6.46. The van der Waals surface area contributed by atoms with Crippen molar-refractivity contribution in [3.63, 3.8) is 0 Å². The number of carbonyl (C=O) groups excluding carboxylic acids is 1.